The predicted octanol–water partition coefficient (Wildman–Crippen LogP) is 13.5. The predicted molar refractivity (Wildman–Crippen MR) is 411 cm³/mol. The molecule has 6 aromatic heterocycles. The van der Waals surface area contributed by atoms with E-state index >= 15 is 0 Å². The number of nitrogens with zero attached hydrogens (tertiary/aromatic N) is 14. The summed E-state index contributed by atoms with van der Waals surface area (Å²) in [4.78, 5) is 67.2. The number of rotatable bonds is 17. The molecule has 6 aliphatic carbocycles. The summed E-state index contributed by atoms with van der Waals surface area (Å²) in [5, 5.41) is 34.5. The molecule has 5 saturated heterocycles. The first-order valence-corrected chi connectivity index (χ1v) is 41.5. The number of likely N-dealkylation sites (tertiary alicyclic amines) is 5. The smallest absolute Gasteiger partial charge is 0.226 e. The van der Waals surface area contributed by atoms with Gasteiger partial charge in [0.2, 0.25) is 29.7 Å². The van der Waals surface area contributed by atoms with Gasteiger partial charge in [0.25, 0.3) is 0 Å². The lowest BCUT2D eigenvalue weighted by Gasteiger charge is -2.37. The Hall–Kier alpha value is -6.00. The fourth-order valence-corrected chi connectivity index (χ4v) is 19.9. The maximum Gasteiger partial charge on any atom is 0.226 e. The summed E-state index contributed by atoms with van der Waals surface area (Å²) in [6.45, 7) is 18.9. The first-order chi connectivity index (χ1) is 50.1. The molecule has 2 amide bonds. The van der Waals surface area contributed by atoms with Crippen molar-refractivity contribution in [3.8, 4) is 0 Å². The number of fused-ring (bicyclic) bond motifs is 3. The molecule has 11 heterocycles. The lowest BCUT2D eigenvalue weighted by Crippen LogP contribution is -2.46. The summed E-state index contributed by atoms with van der Waals surface area (Å²) in [6.07, 6.45) is 43.7. The summed E-state index contributed by atoms with van der Waals surface area (Å²) in [6, 6.07) is 2.92. The molecule has 2 unspecified atom stereocenters. The number of hydrogen-bond donors (Lipinski definition) is 5. The van der Waals surface area contributed by atoms with Crippen molar-refractivity contribution in [1.82, 2.24) is 68.1 Å². The fraction of sp³-hybridized carbons (Fsp3) is 0.756. The lowest BCUT2D eigenvalue weighted by atomic mass is 9.87. The van der Waals surface area contributed by atoms with Crippen LogP contribution >= 0.6 is 0 Å². The molecular weight excluding hydrogens is 1290 g/mol. The normalized spacial score (nSPS) is 31.5. The first-order valence-electron chi connectivity index (χ1n) is 41.5. The third-order valence-electron chi connectivity index (χ3n) is 27.2. The molecule has 5 aliphatic heterocycles. The van der Waals surface area contributed by atoms with Crippen molar-refractivity contribution in [3.05, 3.63) is 53.9 Å². The zero-order valence-corrected chi connectivity index (χ0v) is 63.6. The number of hydrogen-bond acceptors (Lipinski definition) is 16. The number of aliphatic hydroxyl groups is 2. The van der Waals surface area contributed by atoms with Gasteiger partial charge in [0, 0.05) is 129 Å². The monoisotopic (exact) mass is 1410 g/mol. The van der Waals surface area contributed by atoms with Gasteiger partial charge >= 0.3 is 0 Å². The van der Waals surface area contributed by atoms with Gasteiger partial charge in [0.1, 0.15) is 16.9 Å². The van der Waals surface area contributed by atoms with E-state index < -0.39 is 0 Å². The molecule has 562 valence electrons. The average Bonchev–Trinajstić information content (AvgIpc) is 1.63. The molecule has 21 nitrogen and oxygen atoms in total. The third-order valence-corrected chi connectivity index (χ3v) is 27.2. The van der Waals surface area contributed by atoms with Crippen molar-refractivity contribution >= 4 is 62.8 Å². The molecule has 11 fully saturated rings. The van der Waals surface area contributed by atoms with Crippen LogP contribution in [-0.4, -0.2) is 207 Å². The van der Waals surface area contributed by atoms with Gasteiger partial charge in [-0.1, -0.05) is 47.0 Å². The van der Waals surface area contributed by atoms with Crippen LogP contribution in [-0.2, 0) is 9.59 Å². The highest BCUT2D eigenvalue weighted by molar-refractivity contribution is 5.84. The Morgan fingerprint density at radius 3 is 1.05 bits per heavy atom. The Morgan fingerprint density at radius 1 is 0.417 bits per heavy atom. The van der Waals surface area contributed by atoms with Crippen molar-refractivity contribution in [2.75, 3.05) is 103 Å². The molecule has 5 N–H and O–H groups in total. The molecule has 17 rings (SSSR count). The van der Waals surface area contributed by atoms with Gasteiger partial charge in [-0.05, 0) is 266 Å². The first kappa shape index (κ1) is 72.6. The van der Waals surface area contributed by atoms with Crippen LogP contribution in [0.1, 0.15) is 260 Å². The van der Waals surface area contributed by atoms with E-state index in [-0.39, 0.29) is 24.0 Å². The van der Waals surface area contributed by atoms with E-state index in [1.54, 1.807) is 0 Å². The molecule has 8 atom stereocenters. The zero-order chi connectivity index (χ0) is 71.0. The van der Waals surface area contributed by atoms with E-state index in [0.29, 0.717) is 65.8 Å². The average molecular weight is 1410 g/mol. The van der Waals surface area contributed by atoms with Crippen LogP contribution in [0.3, 0.4) is 0 Å². The molecule has 103 heavy (non-hydrogen) atoms. The van der Waals surface area contributed by atoms with Gasteiger partial charge in [-0.3, -0.25) is 9.59 Å². The third kappa shape index (κ3) is 16.8. The standard InChI is InChI=1S/2C29H44N6O2.C24H37N5/c2*1-3-19-15-26(19)31-29-30-16-24-25(18-35(27(24)32-29)22-6-8-23(36)9-7-22)20-10-13-34(14-11-20)28(37)21-5-4-12-33(2)17-21;1-4-17-13-22(17)26-24-25-14-20-21(18-9-11-28(3)12-10-18)15-29(23(20)27-24)19-7-5-16(2)6-8-19/h2*16,18-23,26,36H,3-15,17H2,1-2H3,(H,30,31,32);14-19,22H,4-13H2,1-3H3,(H,25,26,27)/t2*19-,21?,22?,23?,26-;16?,17-,19?,22-/m100/s1. The van der Waals surface area contributed by atoms with Gasteiger partial charge in [-0.2, -0.15) is 15.0 Å². The van der Waals surface area contributed by atoms with E-state index in [1.165, 1.54) is 118 Å². The highest BCUT2D eigenvalue weighted by Crippen LogP contribution is 2.45. The van der Waals surface area contributed by atoms with E-state index in [1.807, 2.05) is 12.4 Å². The maximum atomic E-state index is 13.2. The number of carbonyl (C=O) groups is 2. The minimum atomic E-state index is -0.170. The van der Waals surface area contributed by atoms with E-state index in [4.69, 9.17) is 29.9 Å². The van der Waals surface area contributed by atoms with Crippen molar-refractivity contribution in [1.29, 1.82) is 0 Å². The second-order valence-corrected chi connectivity index (χ2v) is 34.6. The maximum absolute atomic E-state index is 13.2. The highest BCUT2D eigenvalue weighted by Gasteiger charge is 2.41. The van der Waals surface area contributed by atoms with Crippen molar-refractivity contribution in [3.63, 3.8) is 0 Å². The van der Waals surface area contributed by atoms with Gasteiger partial charge in [0.05, 0.1) is 24.0 Å². The summed E-state index contributed by atoms with van der Waals surface area (Å²) < 4.78 is 7.32. The molecule has 0 aromatic carbocycles. The SMILES string of the molecule is CC[C@@H]1C[C@H]1Nc1ncc2c(C3CCN(C(=O)C4CCCN(C)C4)CC3)cn(C3CCC(O)CC3)c2n1.CC[C@H]1C[C@@H]1Nc1ncc2c(C3CCN(C(=O)C4CCCN(C)C4)CC3)cn(C3CCC(O)CC3)c2n1.CC[C@H]1C[C@@H]1Nc1ncc2c(C3CCN(C)CC3)cn(C3CCC(C)CC3)c2n1. The number of carbonyl (C=O) groups excluding carboxylic acids is 2. The topological polar surface area (TPSA) is 219 Å². The Bertz CT molecular complexity index is 3650. The summed E-state index contributed by atoms with van der Waals surface area (Å²) in [5.74, 6) is 8.00. The summed E-state index contributed by atoms with van der Waals surface area (Å²) in [7, 11) is 6.50. The quantitative estimate of drug-likeness (QED) is 0.0573. The van der Waals surface area contributed by atoms with Crippen LogP contribution in [0.5, 0.6) is 0 Å². The second-order valence-electron chi connectivity index (χ2n) is 34.6. The van der Waals surface area contributed by atoms with Crippen LogP contribution in [0.25, 0.3) is 33.1 Å². The number of piperidine rings is 5. The second kappa shape index (κ2) is 32.2. The Kier molecular flexibility index (Phi) is 22.7. The Balaban J connectivity index is 0.000000126. The Labute approximate surface area is 613 Å². The molecule has 6 aromatic rings. The van der Waals surface area contributed by atoms with Crippen molar-refractivity contribution < 1.29 is 19.8 Å². The fourth-order valence-electron chi connectivity index (χ4n) is 19.9. The van der Waals surface area contributed by atoms with Crippen molar-refractivity contribution in [2.24, 2.45) is 35.5 Å². The number of amides is 2. The van der Waals surface area contributed by atoms with Gasteiger partial charge in [-0.15, -0.1) is 0 Å². The minimum absolute atomic E-state index is 0.164. The molecule has 11 aliphatic rings. The number of nitrogens with one attached hydrogen (secondary N) is 3. The number of aromatic nitrogens is 9. The van der Waals surface area contributed by atoms with Gasteiger partial charge < -0.3 is 64.4 Å². The van der Waals surface area contributed by atoms with E-state index in [0.717, 1.165) is 219 Å². The minimum Gasteiger partial charge on any atom is -0.393 e. The summed E-state index contributed by atoms with van der Waals surface area (Å²) >= 11 is 0. The number of anilines is 3. The molecule has 0 spiro atoms. The number of aliphatic hydroxyl groups excluding tert-OH is 2. The zero-order valence-electron chi connectivity index (χ0n) is 63.6. The van der Waals surface area contributed by atoms with Crippen molar-refractivity contribution in [2.45, 2.75) is 274 Å². The lowest BCUT2D eigenvalue weighted by molar-refractivity contribution is -0.139. The van der Waals surface area contributed by atoms with Gasteiger partial charge in [-0.25, -0.2) is 15.0 Å². The molecular formula is C82H125N17O4. The van der Waals surface area contributed by atoms with Crippen LogP contribution in [0.2, 0.25) is 0 Å². The van der Waals surface area contributed by atoms with Gasteiger partial charge in [0.15, 0.2) is 0 Å². The molecule has 6 saturated carbocycles. The van der Waals surface area contributed by atoms with E-state index in [2.05, 4.69) is 128 Å². The largest absolute Gasteiger partial charge is 0.393 e. The van der Waals surface area contributed by atoms with Crippen LogP contribution in [0.15, 0.2) is 37.2 Å². The molecule has 0 bridgehead atoms. The summed E-state index contributed by atoms with van der Waals surface area (Å²) in [5.41, 5.74) is 7.42. The molecule has 0 radical (unpaired) electrons. The van der Waals surface area contributed by atoms with E-state index in [9.17, 15) is 19.8 Å². The van der Waals surface area contributed by atoms with Crippen LogP contribution in [0.4, 0.5) is 17.8 Å². The van der Waals surface area contributed by atoms with Crippen LogP contribution < -0.4 is 16.0 Å². The highest BCUT2D eigenvalue weighted by atomic mass is 16.3. The molecule has 21 heteroatoms. The van der Waals surface area contributed by atoms with Crippen LogP contribution in [0, 0.1) is 35.5 Å². The Morgan fingerprint density at radius 2 is 0.738 bits per heavy atom.